The summed E-state index contributed by atoms with van der Waals surface area (Å²) in [5.74, 6) is 0.444. The zero-order chi connectivity index (χ0) is 15.2. The molecule has 0 aliphatic rings. The molecule has 0 bridgehead atoms. The summed E-state index contributed by atoms with van der Waals surface area (Å²) in [5, 5.41) is 13.9. The van der Waals surface area contributed by atoms with Gasteiger partial charge in [-0.15, -0.1) is 10.2 Å². The molecule has 0 aliphatic carbocycles. The van der Waals surface area contributed by atoms with Gasteiger partial charge < -0.3 is 10.6 Å². The highest BCUT2D eigenvalue weighted by atomic mass is 16.1. The lowest BCUT2D eigenvalue weighted by Crippen LogP contribution is -2.30. The maximum atomic E-state index is 11.7. The third-order valence-corrected chi connectivity index (χ3v) is 2.91. The van der Waals surface area contributed by atoms with Gasteiger partial charge in [0.1, 0.15) is 5.82 Å². The standard InChI is InChI=1S/C16H20N4O/c1-11(2)18-16(21)14-8-9-15(20-19-14)17-10-13-6-4-12(3)5-7-13/h4-9,11H,10H2,1-3H3,(H,17,20)(H,18,21). The van der Waals surface area contributed by atoms with Gasteiger partial charge >= 0.3 is 0 Å². The summed E-state index contributed by atoms with van der Waals surface area (Å²) in [6, 6.07) is 11.8. The summed E-state index contributed by atoms with van der Waals surface area (Å²) in [5.41, 5.74) is 2.73. The summed E-state index contributed by atoms with van der Waals surface area (Å²) in [4.78, 5) is 11.7. The molecule has 0 aliphatic heterocycles. The number of carbonyl (C=O) groups is 1. The summed E-state index contributed by atoms with van der Waals surface area (Å²) in [6.45, 7) is 6.54. The fourth-order valence-electron chi connectivity index (χ4n) is 1.78. The van der Waals surface area contributed by atoms with Gasteiger partial charge in [0.15, 0.2) is 5.69 Å². The van der Waals surface area contributed by atoms with Crippen molar-refractivity contribution in [3.05, 3.63) is 53.2 Å². The predicted octanol–water partition coefficient (Wildman–Crippen LogP) is 2.54. The van der Waals surface area contributed by atoms with Crippen molar-refractivity contribution in [2.75, 3.05) is 5.32 Å². The van der Waals surface area contributed by atoms with Gasteiger partial charge in [0.05, 0.1) is 0 Å². The topological polar surface area (TPSA) is 66.9 Å². The Kier molecular flexibility index (Phi) is 4.87. The van der Waals surface area contributed by atoms with Crippen molar-refractivity contribution in [3.8, 4) is 0 Å². The molecule has 2 N–H and O–H groups in total. The number of aryl methyl sites for hydroxylation is 1. The van der Waals surface area contributed by atoms with Crippen molar-refractivity contribution in [3.63, 3.8) is 0 Å². The van der Waals surface area contributed by atoms with Crippen LogP contribution in [0.25, 0.3) is 0 Å². The minimum Gasteiger partial charge on any atom is -0.365 e. The van der Waals surface area contributed by atoms with Crippen molar-refractivity contribution in [1.29, 1.82) is 0 Å². The van der Waals surface area contributed by atoms with Crippen LogP contribution < -0.4 is 10.6 Å². The van der Waals surface area contributed by atoms with E-state index in [0.29, 0.717) is 18.1 Å². The number of nitrogens with one attached hydrogen (secondary N) is 2. The normalized spacial score (nSPS) is 10.5. The highest BCUT2D eigenvalue weighted by Gasteiger charge is 2.08. The van der Waals surface area contributed by atoms with Gasteiger partial charge in [0, 0.05) is 12.6 Å². The Bertz CT molecular complexity index is 591. The van der Waals surface area contributed by atoms with Crippen LogP contribution in [-0.4, -0.2) is 22.1 Å². The van der Waals surface area contributed by atoms with Crippen LogP contribution in [-0.2, 0) is 6.54 Å². The van der Waals surface area contributed by atoms with Gasteiger partial charge in [-0.25, -0.2) is 0 Å². The molecule has 1 heterocycles. The third kappa shape index (κ3) is 4.56. The number of amides is 1. The first-order chi connectivity index (χ1) is 10.0. The Labute approximate surface area is 124 Å². The smallest absolute Gasteiger partial charge is 0.271 e. The van der Waals surface area contributed by atoms with E-state index in [-0.39, 0.29) is 11.9 Å². The average Bonchev–Trinajstić information content (AvgIpc) is 2.46. The molecule has 1 aromatic heterocycles. The Morgan fingerprint density at radius 1 is 1.10 bits per heavy atom. The zero-order valence-electron chi connectivity index (χ0n) is 12.6. The summed E-state index contributed by atoms with van der Waals surface area (Å²) in [6.07, 6.45) is 0. The summed E-state index contributed by atoms with van der Waals surface area (Å²) >= 11 is 0. The molecule has 0 saturated carbocycles. The highest BCUT2D eigenvalue weighted by molar-refractivity contribution is 5.92. The molecule has 2 rings (SSSR count). The minimum absolute atomic E-state index is 0.0821. The first-order valence-electron chi connectivity index (χ1n) is 6.98. The minimum atomic E-state index is -0.206. The lowest BCUT2D eigenvalue weighted by atomic mass is 10.1. The van der Waals surface area contributed by atoms with E-state index in [1.165, 1.54) is 11.1 Å². The van der Waals surface area contributed by atoms with E-state index >= 15 is 0 Å². The van der Waals surface area contributed by atoms with E-state index in [1.54, 1.807) is 12.1 Å². The molecule has 0 unspecified atom stereocenters. The second-order valence-electron chi connectivity index (χ2n) is 5.27. The van der Waals surface area contributed by atoms with Crippen LogP contribution in [0.1, 0.15) is 35.5 Å². The van der Waals surface area contributed by atoms with Gasteiger partial charge in [0.2, 0.25) is 0 Å². The molecule has 5 heteroatoms. The van der Waals surface area contributed by atoms with Crippen LogP contribution in [0.4, 0.5) is 5.82 Å². The molecule has 21 heavy (non-hydrogen) atoms. The first-order valence-corrected chi connectivity index (χ1v) is 6.98. The van der Waals surface area contributed by atoms with Crippen LogP contribution in [0.3, 0.4) is 0 Å². The number of carbonyl (C=O) groups excluding carboxylic acids is 1. The van der Waals surface area contributed by atoms with Crippen molar-refractivity contribution in [2.24, 2.45) is 0 Å². The molecule has 0 radical (unpaired) electrons. The maximum absolute atomic E-state index is 11.7. The van der Waals surface area contributed by atoms with Crippen molar-refractivity contribution < 1.29 is 4.79 Å². The SMILES string of the molecule is Cc1ccc(CNc2ccc(C(=O)NC(C)C)nn2)cc1. The second kappa shape index (κ2) is 6.83. The molecule has 0 spiro atoms. The van der Waals surface area contributed by atoms with Gasteiger partial charge in [-0.1, -0.05) is 29.8 Å². The van der Waals surface area contributed by atoms with Crippen LogP contribution in [0.2, 0.25) is 0 Å². The maximum Gasteiger partial charge on any atom is 0.271 e. The molecule has 1 amide bonds. The van der Waals surface area contributed by atoms with E-state index in [9.17, 15) is 4.79 Å². The second-order valence-corrected chi connectivity index (χ2v) is 5.27. The van der Waals surface area contributed by atoms with Crippen LogP contribution in [0, 0.1) is 6.92 Å². The summed E-state index contributed by atoms with van der Waals surface area (Å²) in [7, 11) is 0. The number of hydrogen-bond acceptors (Lipinski definition) is 4. The third-order valence-electron chi connectivity index (χ3n) is 2.91. The largest absolute Gasteiger partial charge is 0.365 e. The lowest BCUT2D eigenvalue weighted by Gasteiger charge is -2.08. The zero-order valence-corrected chi connectivity index (χ0v) is 12.6. The molecule has 110 valence electrons. The molecule has 0 fully saturated rings. The number of rotatable bonds is 5. The van der Waals surface area contributed by atoms with E-state index in [1.807, 2.05) is 13.8 Å². The number of nitrogens with zero attached hydrogens (tertiary/aromatic N) is 2. The molecular formula is C16H20N4O. The molecule has 2 aromatic rings. The highest BCUT2D eigenvalue weighted by Crippen LogP contribution is 2.07. The Hall–Kier alpha value is -2.43. The van der Waals surface area contributed by atoms with E-state index in [0.717, 1.165) is 0 Å². The van der Waals surface area contributed by atoms with Crippen LogP contribution in [0.5, 0.6) is 0 Å². The molecular weight excluding hydrogens is 264 g/mol. The average molecular weight is 284 g/mol. The fraction of sp³-hybridized carbons (Fsp3) is 0.312. The van der Waals surface area contributed by atoms with Crippen LogP contribution >= 0.6 is 0 Å². The number of aromatic nitrogens is 2. The van der Waals surface area contributed by atoms with Crippen molar-refractivity contribution >= 4 is 11.7 Å². The molecule has 1 aromatic carbocycles. The lowest BCUT2D eigenvalue weighted by molar-refractivity contribution is 0.0937. The Morgan fingerprint density at radius 2 is 1.81 bits per heavy atom. The fourth-order valence-corrected chi connectivity index (χ4v) is 1.78. The summed E-state index contributed by atoms with van der Waals surface area (Å²) < 4.78 is 0. The number of benzene rings is 1. The van der Waals surface area contributed by atoms with E-state index < -0.39 is 0 Å². The van der Waals surface area contributed by atoms with Crippen molar-refractivity contribution in [1.82, 2.24) is 15.5 Å². The van der Waals surface area contributed by atoms with E-state index in [2.05, 4.69) is 52.0 Å². The molecule has 5 nitrogen and oxygen atoms in total. The number of hydrogen-bond donors (Lipinski definition) is 2. The van der Waals surface area contributed by atoms with Crippen LogP contribution in [0.15, 0.2) is 36.4 Å². The quantitative estimate of drug-likeness (QED) is 0.885. The Morgan fingerprint density at radius 3 is 2.38 bits per heavy atom. The predicted molar refractivity (Wildman–Crippen MR) is 83.1 cm³/mol. The number of anilines is 1. The monoisotopic (exact) mass is 284 g/mol. The van der Waals surface area contributed by atoms with E-state index in [4.69, 9.17) is 0 Å². The molecule has 0 atom stereocenters. The van der Waals surface area contributed by atoms with Gasteiger partial charge in [-0.2, -0.15) is 0 Å². The van der Waals surface area contributed by atoms with Crippen molar-refractivity contribution in [2.45, 2.75) is 33.4 Å². The first kappa shape index (κ1) is 15.0. The van der Waals surface area contributed by atoms with Gasteiger partial charge in [-0.05, 0) is 38.5 Å². The Balaban J connectivity index is 1.93. The van der Waals surface area contributed by atoms with Gasteiger partial charge in [-0.3, -0.25) is 4.79 Å². The molecule has 0 saturated heterocycles. The van der Waals surface area contributed by atoms with Gasteiger partial charge in [0.25, 0.3) is 5.91 Å².